The zero-order valence-corrected chi connectivity index (χ0v) is 15.2. The Kier molecular flexibility index (Phi) is 6.55. The number of hydrogen-bond donors (Lipinski definition) is 0. The third kappa shape index (κ3) is 5.20. The molecule has 0 aliphatic heterocycles. The fourth-order valence-electron chi connectivity index (χ4n) is 2.14. The van der Waals surface area contributed by atoms with Crippen molar-refractivity contribution in [2.24, 2.45) is 0 Å². The highest BCUT2D eigenvalue weighted by molar-refractivity contribution is 9.10. The first kappa shape index (κ1) is 18.2. The van der Waals surface area contributed by atoms with Crippen LogP contribution in [0.3, 0.4) is 0 Å². The molecule has 0 N–H and O–H groups in total. The molecular weight excluding hydrogens is 373 g/mol. The summed E-state index contributed by atoms with van der Waals surface area (Å²) in [5.74, 6) is 0.250. The van der Waals surface area contributed by atoms with Gasteiger partial charge in [-0.05, 0) is 48.9 Å². The van der Waals surface area contributed by atoms with E-state index in [-0.39, 0.29) is 11.7 Å². The van der Waals surface area contributed by atoms with Crippen LogP contribution in [0.4, 0.5) is 4.39 Å². The highest BCUT2D eigenvalue weighted by atomic mass is 79.9. The van der Waals surface area contributed by atoms with Gasteiger partial charge in [0.2, 0.25) is 5.91 Å². The topological polar surface area (TPSA) is 29.5 Å². The van der Waals surface area contributed by atoms with Crippen LogP contribution in [0, 0.1) is 5.82 Å². The zero-order valence-electron chi connectivity index (χ0n) is 13.6. The number of halogens is 2. The van der Waals surface area contributed by atoms with Crippen molar-refractivity contribution >= 4 is 27.9 Å². The molecule has 1 amide bonds. The maximum atomic E-state index is 13.7. The van der Waals surface area contributed by atoms with Crippen LogP contribution in [0.2, 0.25) is 0 Å². The van der Waals surface area contributed by atoms with Crippen LogP contribution in [-0.4, -0.2) is 24.5 Å². The Morgan fingerprint density at radius 3 is 2.62 bits per heavy atom. The Bertz CT molecular complexity index is 729. The first-order chi connectivity index (χ1) is 11.5. The third-order valence-corrected chi connectivity index (χ3v) is 3.89. The quantitative estimate of drug-likeness (QED) is 0.670. The maximum absolute atomic E-state index is 13.7. The molecule has 0 saturated carbocycles. The highest BCUT2D eigenvalue weighted by Crippen LogP contribution is 2.17. The Labute approximate surface area is 149 Å². The van der Waals surface area contributed by atoms with Crippen molar-refractivity contribution in [1.82, 2.24) is 4.90 Å². The first-order valence-corrected chi connectivity index (χ1v) is 8.39. The summed E-state index contributed by atoms with van der Waals surface area (Å²) in [6.07, 6.45) is 2.86. The predicted octanol–water partition coefficient (Wildman–Crippen LogP) is 4.66. The molecule has 2 aromatic rings. The van der Waals surface area contributed by atoms with Crippen molar-refractivity contribution in [1.29, 1.82) is 0 Å². The van der Waals surface area contributed by atoms with E-state index in [9.17, 15) is 9.18 Å². The van der Waals surface area contributed by atoms with E-state index >= 15 is 0 Å². The molecule has 5 heteroatoms. The molecule has 0 spiro atoms. The van der Waals surface area contributed by atoms with Gasteiger partial charge >= 0.3 is 0 Å². The molecule has 2 rings (SSSR count). The van der Waals surface area contributed by atoms with Gasteiger partial charge in [-0.25, -0.2) is 4.39 Å². The molecule has 126 valence electrons. The standard InChI is InChI=1S/C19H19BrFNO2/c1-3-24-17-8-4-14(5-9-17)13-22(2)19(23)11-6-15-12-16(20)7-10-18(15)21/h4-12H,3,13H2,1-2H3/b11-6+. The van der Waals surface area contributed by atoms with Crippen molar-refractivity contribution in [3.63, 3.8) is 0 Å². The first-order valence-electron chi connectivity index (χ1n) is 7.59. The summed E-state index contributed by atoms with van der Waals surface area (Å²) in [5.41, 5.74) is 1.36. The molecule has 0 aliphatic rings. The number of rotatable bonds is 6. The Balaban J connectivity index is 1.98. The van der Waals surface area contributed by atoms with Crippen LogP contribution < -0.4 is 4.74 Å². The van der Waals surface area contributed by atoms with E-state index in [0.717, 1.165) is 15.8 Å². The van der Waals surface area contributed by atoms with Crippen molar-refractivity contribution in [2.75, 3.05) is 13.7 Å². The largest absolute Gasteiger partial charge is 0.494 e. The molecule has 0 saturated heterocycles. The van der Waals surface area contributed by atoms with Crippen LogP contribution in [0.15, 0.2) is 53.0 Å². The van der Waals surface area contributed by atoms with Gasteiger partial charge in [-0.15, -0.1) is 0 Å². The third-order valence-electron chi connectivity index (χ3n) is 3.39. The second-order valence-corrected chi connectivity index (χ2v) is 6.19. The number of ether oxygens (including phenoxy) is 1. The molecule has 0 unspecified atom stereocenters. The van der Waals surface area contributed by atoms with Crippen LogP contribution in [0.25, 0.3) is 6.08 Å². The molecule has 3 nitrogen and oxygen atoms in total. The second-order valence-electron chi connectivity index (χ2n) is 5.27. The van der Waals surface area contributed by atoms with Crippen LogP contribution in [0.5, 0.6) is 5.75 Å². The number of carbonyl (C=O) groups is 1. The Morgan fingerprint density at radius 1 is 1.25 bits per heavy atom. The minimum atomic E-state index is -0.364. The average molecular weight is 392 g/mol. The summed E-state index contributed by atoms with van der Waals surface area (Å²) in [6, 6.07) is 12.2. The predicted molar refractivity (Wildman–Crippen MR) is 97.2 cm³/mol. The summed E-state index contributed by atoms with van der Waals surface area (Å²) >= 11 is 3.29. The van der Waals surface area contributed by atoms with Crippen LogP contribution in [-0.2, 0) is 11.3 Å². The lowest BCUT2D eigenvalue weighted by atomic mass is 10.2. The fraction of sp³-hybridized carbons (Fsp3) is 0.211. The summed E-state index contributed by atoms with van der Waals surface area (Å²) in [4.78, 5) is 13.7. The molecule has 0 aromatic heterocycles. The average Bonchev–Trinajstić information content (AvgIpc) is 2.57. The summed E-state index contributed by atoms with van der Waals surface area (Å²) in [7, 11) is 1.71. The van der Waals surface area contributed by atoms with Crippen molar-refractivity contribution in [3.05, 3.63) is 70.0 Å². The summed E-state index contributed by atoms with van der Waals surface area (Å²) < 4.78 is 19.8. The van der Waals surface area contributed by atoms with Gasteiger partial charge < -0.3 is 9.64 Å². The minimum absolute atomic E-state index is 0.191. The molecular formula is C19H19BrFNO2. The molecule has 0 radical (unpaired) electrons. The number of amides is 1. The monoisotopic (exact) mass is 391 g/mol. The number of nitrogens with zero attached hydrogens (tertiary/aromatic N) is 1. The van der Waals surface area contributed by atoms with Crippen molar-refractivity contribution in [3.8, 4) is 5.75 Å². The lowest BCUT2D eigenvalue weighted by Crippen LogP contribution is -2.24. The van der Waals surface area contributed by atoms with E-state index in [1.807, 2.05) is 31.2 Å². The molecule has 0 heterocycles. The van der Waals surface area contributed by atoms with E-state index in [4.69, 9.17) is 4.74 Å². The van der Waals surface area contributed by atoms with Crippen LogP contribution >= 0.6 is 15.9 Å². The molecule has 24 heavy (non-hydrogen) atoms. The number of hydrogen-bond acceptors (Lipinski definition) is 2. The van der Waals surface area contributed by atoms with E-state index in [1.165, 1.54) is 18.2 Å². The van der Waals surface area contributed by atoms with Gasteiger partial charge in [0.25, 0.3) is 0 Å². The number of likely N-dealkylation sites (N-methyl/N-ethyl adjacent to an activating group) is 1. The fourth-order valence-corrected chi connectivity index (χ4v) is 2.52. The van der Waals surface area contributed by atoms with Crippen LogP contribution in [0.1, 0.15) is 18.1 Å². The highest BCUT2D eigenvalue weighted by Gasteiger charge is 2.07. The van der Waals surface area contributed by atoms with Gasteiger partial charge in [-0.2, -0.15) is 0 Å². The number of carbonyl (C=O) groups excluding carboxylic acids is 1. The van der Waals surface area contributed by atoms with E-state index in [0.29, 0.717) is 18.7 Å². The van der Waals surface area contributed by atoms with Crippen molar-refractivity contribution < 1.29 is 13.9 Å². The second kappa shape index (κ2) is 8.64. The van der Waals surface area contributed by atoms with Gasteiger partial charge in [-0.3, -0.25) is 4.79 Å². The zero-order chi connectivity index (χ0) is 17.5. The molecule has 0 atom stereocenters. The maximum Gasteiger partial charge on any atom is 0.246 e. The Morgan fingerprint density at radius 2 is 1.96 bits per heavy atom. The normalized spacial score (nSPS) is 10.8. The van der Waals surface area contributed by atoms with Gasteiger partial charge in [0, 0.05) is 29.7 Å². The van der Waals surface area contributed by atoms with Crippen molar-refractivity contribution in [2.45, 2.75) is 13.5 Å². The van der Waals surface area contributed by atoms with E-state index in [1.54, 1.807) is 24.1 Å². The SMILES string of the molecule is CCOc1ccc(CN(C)C(=O)/C=C/c2cc(Br)ccc2F)cc1. The lowest BCUT2D eigenvalue weighted by Gasteiger charge is -2.15. The summed E-state index contributed by atoms with van der Waals surface area (Å²) in [5, 5.41) is 0. The van der Waals surface area contributed by atoms with E-state index in [2.05, 4.69) is 15.9 Å². The Hall–Kier alpha value is -2.14. The van der Waals surface area contributed by atoms with Gasteiger partial charge in [0.05, 0.1) is 6.61 Å². The van der Waals surface area contributed by atoms with Gasteiger partial charge in [0.15, 0.2) is 0 Å². The van der Waals surface area contributed by atoms with Gasteiger partial charge in [-0.1, -0.05) is 28.1 Å². The lowest BCUT2D eigenvalue weighted by molar-refractivity contribution is -0.125. The molecule has 0 fully saturated rings. The summed E-state index contributed by atoms with van der Waals surface area (Å²) in [6.45, 7) is 3.02. The van der Waals surface area contributed by atoms with E-state index < -0.39 is 0 Å². The molecule has 0 aliphatic carbocycles. The minimum Gasteiger partial charge on any atom is -0.494 e. The smallest absolute Gasteiger partial charge is 0.246 e. The van der Waals surface area contributed by atoms with Gasteiger partial charge in [0.1, 0.15) is 11.6 Å². The molecule has 2 aromatic carbocycles. The molecule has 0 bridgehead atoms. The number of benzene rings is 2.